The fourth-order valence-corrected chi connectivity index (χ4v) is 9.02. The number of aromatic amines is 4. The van der Waals surface area contributed by atoms with Crippen LogP contribution in [0.5, 0.6) is 0 Å². The van der Waals surface area contributed by atoms with E-state index in [1.54, 1.807) is 0 Å². The number of allylic oxidation sites excluding steroid dienone is 8. The van der Waals surface area contributed by atoms with Crippen molar-refractivity contribution in [3.63, 3.8) is 0 Å². The zero-order valence-electron chi connectivity index (χ0n) is 38.1. The second kappa shape index (κ2) is 16.6. The lowest BCUT2D eigenvalue weighted by molar-refractivity contribution is 1.06. The number of H-pyrrole nitrogens is 4. The Balaban J connectivity index is 0.959. The van der Waals surface area contributed by atoms with Crippen LogP contribution >= 0.6 is 0 Å². The molecule has 4 aliphatic rings. The summed E-state index contributed by atoms with van der Waals surface area (Å²) in [6.45, 7) is 26.0. The lowest BCUT2D eigenvalue weighted by Gasteiger charge is -2.04. The van der Waals surface area contributed by atoms with E-state index in [1.165, 1.54) is 72.8 Å². The summed E-state index contributed by atoms with van der Waals surface area (Å²) in [5.41, 5.74) is 30.3. The number of nitrogens with zero attached hydrogens (tertiary/aromatic N) is 4. The molecule has 0 bridgehead atoms. The average molecular weight is 809 g/mol. The van der Waals surface area contributed by atoms with Gasteiger partial charge in [0.1, 0.15) is 0 Å². The number of aliphatic imine (C=N–C) groups is 4. The van der Waals surface area contributed by atoms with E-state index in [0.717, 1.165) is 106 Å². The molecule has 8 heteroatoms. The molecule has 4 aliphatic heterocycles. The Kier molecular flexibility index (Phi) is 11.3. The van der Waals surface area contributed by atoms with E-state index in [2.05, 4.69) is 164 Å². The standard InChI is InChI=1S/C53H60N8/c1-13-46-32(7)50(60-52(46)24-42-17-15-40(58-42)22-48-30(5)28(3)34(9)56-48)26-44-20-38(36(11)54-44)19-39-21-45(55-37(39)12)27-51-33(8)47(14-2)53(61-51)25-43-18-16-41(59-43)23-49-31(6)29(4)35(10)57-49/h15-18,20-23,26-27,54,57-58,61H,13-14,19,24-25H2,1-12H3/b41-23+,45-27-,48-22-,50-26-. The predicted molar refractivity (Wildman–Crippen MR) is 259 cm³/mol. The average Bonchev–Trinajstić information content (AvgIpc) is 4.12. The largest absolute Gasteiger partial charge is 0.359 e. The SMILES string of the molecule is CCC1=C(C)/C(=C/c2cc(CC3=C/C(=C/c4[nH]c(CC5=N/C(=C/c6[nH]c(C)c(C)c6C)C=C5)c(CC)c4C)N=C3C)c(C)[nH]2)N=C1Cc1ccc(/C=C2\N=C(C)C(C)=C2C)[nH]1. The van der Waals surface area contributed by atoms with E-state index < -0.39 is 0 Å². The highest BCUT2D eigenvalue weighted by Gasteiger charge is 2.22. The summed E-state index contributed by atoms with van der Waals surface area (Å²) in [5, 5.41) is 0. The van der Waals surface area contributed by atoms with E-state index >= 15 is 0 Å². The lowest BCUT2D eigenvalue weighted by Crippen LogP contribution is -2.04. The smallest absolute Gasteiger partial charge is 0.0686 e. The third-order valence-corrected chi connectivity index (χ3v) is 13.3. The molecule has 312 valence electrons. The second-order valence-electron chi connectivity index (χ2n) is 17.2. The van der Waals surface area contributed by atoms with Crippen molar-refractivity contribution < 1.29 is 0 Å². The van der Waals surface area contributed by atoms with Crippen LogP contribution in [-0.4, -0.2) is 42.8 Å². The highest BCUT2D eigenvalue weighted by atomic mass is 14.8. The maximum absolute atomic E-state index is 5.20. The van der Waals surface area contributed by atoms with Gasteiger partial charge in [-0.1, -0.05) is 13.8 Å². The van der Waals surface area contributed by atoms with E-state index in [-0.39, 0.29) is 0 Å². The van der Waals surface area contributed by atoms with Crippen molar-refractivity contribution in [3.8, 4) is 0 Å². The Morgan fingerprint density at radius 1 is 0.557 bits per heavy atom. The maximum Gasteiger partial charge on any atom is 0.0686 e. The Bertz CT molecular complexity index is 2870. The van der Waals surface area contributed by atoms with Gasteiger partial charge in [0.25, 0.3) is 0 Å². The first-order chi connectivity index (χ1) is 29.2. The molecule has 0 atom stereocenters. The van der Waals surface area contributed by atoms with Gasteiger partial charge in [-0.05, 0) is 198 Å². The van der Waals surface area contributed by atoms with Crippen molar-refractivity contribution in [1.82, 2.24) is 19.9 Å². The van der Waals surface area contributed by atoms with Gasteiger partial charge in [0.2, 0.25) is 0 Å². The van der Waals surface area contributed by atoms with Gasteiger partial charge in [0.05, 0.1) is 28.5 Å². The molecular weight excluding hydrogens is 749 g/mol. The molecular formula is C53H60N8. The number of nitrogens with one attached hydrogen (secondary N) is 4. The Hall–Kier alpha value is -6.28. The number of aromatic nitrogens is 4. The van der Waals surface area contributed by atoms with E-state index in [4.69, 9.17) is 20.0 Å². The molecule has 0 amide bonds. The van der Waals surface area contributed by atoms with Crippen molar-refractivity contribution in [2.24, 2.45) is 20.0 Å². The van der Waals surface area contributed by atoms with Gasteiger partial charge in [0.15, 0.2) is 0 Å². The molecule has 0 spiro atoms. The van der Waals surface area contributed by atoms with Gasteiger partial charge in [-0.25, -0.2) is 0 Å². The van der Waals surface area contributed by atoms with E-state index in [9.17, 15) is 0 Å². The summed E-state index contributed by atoms with van der Waals surface area (Å²) < 4.78 is 0. The first-order valence-electron chi connectivity index (χ1n) is 21.8. The summed E-state index contributed by atoms with van der Waals surface area (Å²) in [5.74, 6) is 0. The molecule has 4 N–H and O–H groups in total. The van der Waals surface area contributed by atoms with E-state index in [0.29, 0.717) is 0 Å². The Morgan fingerprint density at radius 2 is 1.30 bits per heavy atom. The third-order valence-electron chi connectivity index (χ3n) is 13.3. The number of rotatable bonds is 12. The summed E-state index contributed by atoms with van der Waals surface area (Å²) in [4.78, 5) is 34.5. The van der Waals surface area contributed by atoms with Crippen LogP contribution in [0.1, 0.15) is 128 Å². The van der Waals surface area contributed by atoms with Crippen LogP contribution in [0.15, 0.2) is 107 Å². The van der Waals surface area contributed by atoms with Crippen molar-refractivity contribution in [2.45, 2.75) is 115 Å². The fourth-order valence-electron chi connectivity index (χ4n) is 9.02. The Morgan fingerprint density at radius 3 is 2.00 bits per heavy atom. The highest BCUT2D eigenvalue weighted by molar-refractivity contribution is 6.07. The zero-order chi connectivity index (χ0) is 43.3. The van der Waals surface area contributed by atoms with Crippen LogP contribution in [0.4, 0.5) is 0 Å². The second-order valence-corrected chi connectivity index (χ2v) is 17.2. The minimum atomic E-state index is 0.761. The van der Waals surface area contributed by atoms with Crippen LogP contribution in [0.3, 0.4) is 0 Å². The summed E-state index contributed by atoms with van der Waals surface area (Å²) >= 11 is 0. The third kappa shape index (κ3) is 8.28. The molecule has 8 nitrogen and oxygen atoms in total. The van der Waals surface area contributed by atoms with Crippen molar-refractivity contribution >= 4 is 47.2 Å². The number of hydrogen-bond acceptors (Lipinski definition) is 4. The van der Waals surface area contributed by atoms with Gasteiger partial charge in [-0.2, -0.15) is 0 Å². The van der Waals surface area contributed by atoms with E-state index in [1.807, 2.05) is 0 Å². The molecule has 0 aromatic carbocycles. The summed E-state index contributed by atoms with van der Waals surface area (Å²) in [6.07, 6.45) is 19.4. The molecule has 0 saturated carbocycles. The molecule has 4 aromatic rings. The molecule has 0 unspecified atom stereocenters. The minimum Gasteiger partial charge on any atom is -0.359 e. The molecule has 0 fully saturated rings. The van der Waals surface area contributed by atoms with Crippen LogP contribution < -0.4 is 0 Å². The molecule has 4 aromatic heterocycles. The normalized spacial score (nSPS) is 19.2. The fraction of sp³-hybridized carbons (Fsp3) is 0.321. The molecule has 61 heavy (non-hydrogen) atoms. The first-order valence-corrected chi connectivity index (χ1v) is 21.8. The van der Waals surface area contributed by atoms with Gasteiger partial charge < -0.3 is 19.9 Å². The predicted octanol–water partition coefficient (Wildman–Crippen LogP) is 12.6. The van der Waals surface area contributed by atoms with Crippen molar-refractivity contribution in [3.05, 3.63) is 160 Å². The zero-order valence-corrected chi connectivity index (χ0v) is 38.1. The molecule has 0 aliphatic carbocycles. The molecule has 0 radical (unpaired) electrons. The highest BCUT2D eigenvalue weighted by Crippen LogP contribution is 2.33. The number of aryl methyl sites for hydroxylation is 2. The van der Waals surface area contributed by atoms with Crippen LogP contribution in [0.25, 0.3) is 24.3 Å². The van der Waals surface area contributed by atoms with Gasteiger partial charge in [0, 0.05) is 81.9 Å². The maximum atomic E-state index is 5.20. The van der Waals surface area contributed by atoms with Gasteiger partial charge in [-0.3, -0.25) is 20.0 Å². The lowest BCUT2D eigenvalue weighted by atomic mass is 10.00. The van der Waals surface area contributed by atoms with Crippen LogP contribution in [0.2, 0.25) is 0 Å². The van der Waals surface area contributed by atoms with Gasteiger partial charge in [-0.15, -0.1) is 0 Å². The topological polar surface area (TPSA) is 113 Å². The van der Waals surface area contributed by atoms with Crippen molar-refractivity contribution in [1.29, 1.82) is 0 Å². The first kappa shape index (κ1) is 41.5. The molecule has 0 saturated heterocycles. The monoisotopic (exact) mass is 808 g/mol. The van der Waals surface area contributed by atoms with Crippen LogP contribution in [0, 0.1) is 34.6 Å². The Labute approximate surface area is 361 Å². The van der Waals surface area contributed by atoms with Crippen LogP contribution in [-0.2, 0) is 25.7 Å². The summed E-state index contributed by atoms with van der Waals surface area (Å²) in [6, 6.07) is 6.59. The quantitative estimate of drug-likeness (QED) is 0.109. The molecule has 8 heterocycles. The number of hydrogen-bond donors (Lipinski definition) is 4. The minimum absolute atomic E-state index is 0.761. The van der Waals surface area contributed by atoms with Gasteiger partial charge >= 0.3 is 0 Å². The molecule has 8 rings (SSSR count). The summed E-state index contributed by atoms with van der Waals surface area (Å²) in [7, 11) is 0. The van der Waals surface area contributed by atoms with Crippen molar-refractivity contribution in [2.75, 3.05) is 0 Å².